The van der Waals surface area contributed by atoms with E-state index in [0.717, 1.165) is 11.8 Å². The number of alkyl halides is 3. The van der Waals surface area contributed by atoms with E-state index in [1.165, 1.54) is 30.3 Å². The van der Waals surface area contributed by atoms with Gasteiger partial charge in [-0.15, -0.1) is 11.8 Å². The summed E-state index contributed by atoms with van der Waals surface area (Å²) in [5.74, 6) is -1.20. The molecule has 0 aliphatic rings. The van der Waals surface area contributed by atoms with Gasteiger partial charge in [0.25, 0.3) is 0 Å². The minimum atomic E-state index is -4.41. The third kappa shape index (κ3) is 8.86. The van der Waals surface area contributed by atoms with Gasteiger partial charge < -0.3 is 15.4 Å². The molecule has 0 spiro atoms. The molecule has 0 unspecified atom stereocenters. The number of hydrogen-bond donors (Lipinski definition) is 2. The van der Waals surface area contributed by atoms with E-state index in [-0.39, 0.29) is 35.4 Å². The van der Waals surface area contributed by atoms with Crippen molar-refractivity contribution in [1.29, 1.82) is 0 Å². The Morgan fingerprint density at radius 2 is 1.62 bits per heavy atom. The molecule has 0 aromatic heterocycles. The van der Waals surface area contributed by atoms with Crippen molar-refractivity contribution >= 4 is 29.3 Å². The van der Waals surface area contributed by atoms with Crippen LogP contribution >= 0.6 is 11.8 Å². The Bertz CT molecular complexity index is 829. The number of para-hydroxylation sites is 1. The van der Waals surface area contributed by atoms with Crippen molar-refractivity contribution in [3.63, 3.8) is 0 Å². The first-order valence-electron chi connectivity index (χ1n) is 8.40. The molecule has 5 nitrogen and oxygen atoms in total. The molecule has 2 aromatic rings. The minimum Gasteiger partial charge on any atom is -0.484 e. The first kappa shape index (κ1) is 22.5. The molecule has 0 aliphatic heterocycles. The number of halogens is 4. The summed E-state index contributed by atoms with van der Waals surface area (Å²) in [5.41, 5.74) is 0.755. The Morgan fingerprint density at radius 3 is 2.28 bits per heavy atom. The van der Waals surface area contributed by atoms with Gasteiger partial charge >= 0.3 is 6.18 Å². The van der Waals surface area contributed by atoms with Gasteiger partial charge in [-0.05, 0) is 29.8 Å². The van der Waals surface area contributed by atoms with Crippen molar-refractivity contribution in [2.75, 3.05) is 23.4 Å². The number of thioether (sulfide) groups is 1. The number of ether oxygens (including phenoxy) is 1. The van der Waals surface area contributed by atoms with Crippen molar-refractivity contribution in [2.24, 2.45) is 0 Å². The van der Waals surface area contributed by atoms with E-state index >= 15 is 0 Å². The molecule has 2 amide bonds. The molecule has 2 rings (SSSR count). The van der Waals surface area contributed by atoms with Crippen molar-refractivity contribution in [3.8, 4) is 5.75 Å². The smallest absolute Gasteiger partial charge is 0.422 e. The monoisotopic (exact) mass is 430 g/mol. The molecular formula is C19H18F4N2O3S. The van der Waals surface area contributed by atoms with Crippen molar-refractivity contribution in [3.05, 3.63) is 59.9 Å². The number of amides is 2. The summed E-state index contributed by atoms with van der Waals surface area (Å²) < 4.78 is 54.3. The number of nitrogens with one attached hydrogen (secondary N) is 2. The highest BCUT2D eigenvalue weighted by Gasteiger charge is 2.28. The molecule has 0 bridgehead atoms. The molecule has 2 N–H and O–H groups in total. The Morgan fingerprint density at radius 1 is 0.966 bits per heavy atom. The van der Waals surface area contributed by atoms with Crippen LogP contribution in [0.5, 0.6) is 5.75 Å². The molecule has 0 saturated carbocycles. The number of anilines is 1. The molecule has 0 radical (unpaired) electrons. The van der Waals surface area contributed by atoms with E-state index in [1.54, 1.807) is 18.2 Å². The van der Waals surface area contributed by atoms with Gasteiger partial charge in [-0.3, -0.25) is 9.59 Å². The standard InChI is InChI=1S/C19H18F4N2O3S/c20-15-3-1-2-4-16(15)25-18(27)11-29-10-17(26)24-9-13-5-7-14(8-6-13)28-12-19(21,22)23/h1-8H,9-12H2,(H,24,26)(H,25,27). The predicted molar refractivity (Wildman–Crippen MR) is 102 cm³/mol. The third-order valence-electron chi connectivity index (χ3n) is 3.43. The summed E-state index contributed by atoms with van der Waals surface area (Å²) in [6.07, 6.45) is -4.41. The largest absolute Gasteiger partial charge is 0.484 e. The maximum atomic E-state index is 13.4. The van der Waals surface area contributed by atoms with Crippen LogP contribution in [-0.4, -0.2) is 36.1 Å². The van der Waals surface area contributed by atoms with Gasteiger partial charge in [-0.25, -0.2) is 4.39 Å². The van der Waals surface area contributed by atoms with Crippen LogP contribution in [-0.2, 0) is 16.1 Å². The van der Waals surface area contributed by atoms with Crippen LogP contribution < -0.4 is 15.4 Å². The Balaban J connectivity index is 1.65. The zero-order chi connectivity index (χ0) is 21.3. The van der Waals surface area contributed by atoms with E-state index in [1.807, 2.05) is 0 Å². The fourth-order valence-corrected chi connectivity index (χ4v) is 2.75. The summed E-state index contributed by atoms with van der Waals surface area (Å²) in [6, 6.07) is 11.6. The number of hydrogen-bond acceptors (Lipinski definition) is 4. The maximum absolute atomic E-state index is 13.4. The summed E-state index contributed by atoms with van der Waals surface area (Å²) >= 11 is 1.07. The Labute approximate surface area is 168 Å². The lowest BCUT2D eigenvalue weighted by atomic mass is 10.2. The van der Waals surface area contributed by atoms with Gasteiger partial charge in [-0.2, -0.15) is 13.2 Å². The van der Waals surface area contributed by atoms with Crippen LogP contribution in [0.4, 0.5) is 23.2 Å². The highest BCUT2D eigenvalue weighted by Crippen LogP contribution is 2.19. The molecule has 156 valence electrons. The van der Waals surface area contributed by atoms with Crippen molar-refractivity contribution < 1.29 is 31.9 Å². The van der Waals surface area contributed by atoms with Gasteiger partial charge in [0, 0.05) is 6.54 Å². The van der Waals surface area contributed by atoms with Gasteiger partial charge in [0.15, 0.2) is 6.61 Å². The topological polar surface area (TPSA) is 67.4 Å². The van der Waals surface area contributed by atoms with E-state index in [0.29, 0.717) is 5.56 Å². The normalized spacial score (nSPS) is 11.0. The van der Waals surface area contributed by atoms with Gasteiger partial charge in [0.2, 0.25) is 11.8 Å². The fourth-order valence-electron chi connectivity index (χ4n) is 2.11. The van der Waals surface area contributed by atoms with E-state index in [2.05, 4.69) is 15.4 Å². The summed E-state index contributed by atoms with van der Waals surface area (Å²) in [4.78, 5) is 23.6. The average Bonchev–Trinajstić information content (AvgIpc) is 2.67. The summed E-state index contributed by atoms with van der Waals surface area (Å²) in [5, 5.41) is 5.05. The maximum Gasteiger partial charge on any atom is 0.422 e. The lowest BCUT2D eigenvalue weighted by molar-refractivity contribution is -0.153. The van der Waals surface area contributed by atoms with Crippen molar-refractivity contribution in [2.45, 2.75) is 12.7 Å². The quantitative estimate of drug-likeness (QED) is 0.595. The molecular weight excluding hydrogens is 412 g/mol. The zero-order valence-electron chi connectivity index (χ0n) is 15.1. The van der Waals surface area contributed by atoms with Crippen LogP contribution in [0.1, 0.15) is 5.56 Å². The minimum absolute atomic E-state index is 0.0208. The second kappa shape index (κ2) is 10.7. The van der Waals surface area contributed by atoms with Gasteiger partial charge in [0.1, 0.15) is 11.6 Å². The molecule has 0 atom stereocenters. The molecule has 0 fully saturated rings. The highest BCUT2D eigenvalue weighted by atomic mass is 32.2. The first-order valence-corrected chi connectivity index (χ1v) is 9.56. The SMILES string of the molecule is O=C(CSCC(=O)Nc1ccccc1F)NCc1ccc(OCC(F)(F)F)cc1. The summed E-state index contributed by atoms with van der Waals surface area (Å²) in [6.45, 7) is -1.19. The number of carbonyl (C=O) groups excluding carboxylic acids is 2. The highest BCUT2D eigenvalue weighted by molar-refractivity contribution is 8.00. The van der Waals surface area contributed by atoms with E-state index < -0.39 is 24.5 Å². The molecule has 2 aromatic carbocycles. The third-order valence-corrected chi connectivity index (χ3v) is 4.36. The molecule has 10 heteroatoms. The number of benzene rings is 2. The Kier molecular flexibility index (Phi) is 8.32. The van der Waals surface area contributed by atoms with E-state index in [9.17, 15) is 27.2 Å². The Hall–Kier alpha value is -2.75. The van der Waals surface area contributed by atoms with Gasteiger partial charge in [0.05, 0.1) is 17.2 Å². The van der Waals surface area contributed by atoms with Crippen LogP contribution in [0, 0.1) is 5.82 Å². The molecule has 0 heterocycles. The van der Waals surface area contributed by atoms with E-state index in [4.69, 9.17) is 0 Å². The molecule has 0 aliphatic carbocycles. The molecule has 0 saturated heterocycles. The van der Waals surface area contributed by atoms with Crippen molar-refractivity contribution in [1.82, 2.24) is 5.32 Å². The zero-order valence-corrected chi connectivity index (χ0v) is 15.9. The molecule has 29 heavy (non-hydrogen) atoms. The number of rotatable bonds is 9. The van der Waals surface area contributed by atoms with Crippen LogP contribution in [0.2, 0.25) is 0 Å². The second-order valence-electron chi connectivity index (χ2n) is 5.85. The predicted octanol–water partition coefficient (Wildman–Crippen LogP) is 3.75. The van der Waals surface area contributed by atoms with Gasteiger partial charge in [-0.1, -0.05) is 24.3 Å². The fraction of sp³-hybridized carbons (Fsp3) is 0.263. The van der Waals surface area contributed by atoms with Crippen LogP contribution in [0.3, 0.4) is 0 Å². The van der Waals surface area contributed by atoms with Crippen LogP contribution in [0.25, 0.3) is 0 Å². The first-order chi connectivity index (χ1) is 13.7. The lowest BCUT2D eigenvalue weighted by Gasteiger charge is -2.10. The number of carbonyl (C=O) groups is 2. The average molecular weight is 430 g/mol. The lowest BCUT2D eigenvalue weighted by Crippen LogP contribution is -2.25. The summed E-state index contributed by atoms with van der Waals surface area (Å²) in [7, 11) is 0. The second-order valence-corrected chi connectivity index (χ2v) is 6.83. The van der Waals surface area contributed by atoms with Crippen LogP contribution in [0.15, 0.2) is 48.5 Å².